The highest BCUT2D eigenvalue weighted by atomic mass is 16.3. The second-order valence-electron chi connectivity index (χ2n) is 6.49. The normalized spacial score (nSPS) is 11.1. The van der Waals surface area contributed by atoms with Gasteiger partial charge in [-0.25, -0.2) is 0 Å². The lowest BCUT2D eigenvalue weighted by Crippen LogP contribution is -2.26. The number of nitrogens with zero attached hydrogens (tertiary/aromatic N) is 2. The van der Waals surface area contributed by atoms with Gasteiger partial charge in [0.15, 0.2) is 11.5 Å². The van der Waals surface area contributed by atoms with Crippen LogP contribution in [0, 0.1) is 6.92 Å². The molecular formula is C21H26N4O2. The van der Waals surface area contributed by atoms with Gasteiger partial charge in [-0.1, -0.05) is 38.1 Å². The van der Waals surface area contributed by atoms with Crippen LogP contribution in [0.4, 0.5) is 0 Å². The molecule has 27 heavy (non-hydrogen) atoms. The molecule has 6 nitrogen and oxygen atoms in total. The molecule has 0 unspecified atom stereocenters. The van der Waals surface area contributed by atoms with Crippen molar-refractivity contribution in [1.82, 2.24) is 20.4 Å². The van der Waals surface area contributed by atoms with Crippen molar-refractivity contribution in [2.45, 2.75) is 33.9 Å². The maximum Gasteiger partial charge on any atom is 0.272 e. The summed E-state index contributed by atoms with van der Waals surface area (Å²) in [5, 5.41) is 9.93. The second-order valence-corrected chi connectivity index (χ2v) is 6.49. The first-order valence-electron chi connectivity index (χ1n) is 9.30. The summed E-state index contributed by atoms with van der Waals surface area (Å²) in [4.78, 5) is 14.8. The lowest BCUT2D eigenvalue weighted by molar-refractivity contribution is 0.0945. The van der Waals surface area contributed by atoms with Crippen LogP contribution in [-0.4, -0.2) is 34.1 Å². The molecule has 2 heterocycles. The lowest BCUT2D eigenvalue weighted by atomic mass is 10.1. The quantitative estimate of drug-likeness (QED) is 0.637. The topological polar surface area (TPSA) is 74.2 Å². The molecule has 2 aromatic heterocycles. The van der Waals surface area contributed by atoms with Crippen molar-refractivity contribution in [3.63, 3.8) is 0 Å². The predicted molar refractivity (Wildman–Crippen MR) is 105 cm³/mol. The van der Waals surface area contributed by atoms with Crippen LogP contribution in [-0.2, 0) is 13.1 Å². The summed E-state index contributed by atoms with van der Waals surface area (Å²) in [6, 6.07) is 13.6. The average Bonchev–Trinajstić information content (AvgIpc) is 3.34. The fraction of sp³-hybridized carbons (Fsp3) is 0.333. The van der Waals surface area contributed by atoms with Crippen LogP contribution in [0.25, 0.3) is 11.5 Å². The number of carbonyl (C=O) groups is 1. The van der Waals surface area contributed by atoms with Crippen LogP contribution in [0.15, 0.2) is 46.9 Å². The average molecular weight is 366 g/mol. The Hall–Kier alpha value is -2.86. The minimum atomic E-state index is -0.210. The Balaban J connectivity index is 1.65. The van der Waals surface area contributed by atoms with Gasteiger partial charge in [0.05, 0.1) is 0 Å². The SMILES string of the molecule is CCN(CC)Cc1ccccc1CNC(=O)c1cc(-c2ccc(C)o2)[nH]n1. The number of furan rings is 1. The molecule has 0 spiro atoms. The van der Waals surface area contributed by atoms with Gasteiger partial charge in [0.25, 0.3) is 5.91 Å². The van der Waals surface area contributed by atoms with Crippen molar-refractivity contribution in [2.24, 2.45) is 0 Å². The van der Waals surface area contributed by atoms with E-state index in [-0.39, 0.29) is 5.91 Å². The van der Waals surface area contributed by atoms with Gasteiger partial charge in [0.2, 0.25) is 0 Å². The van der Waals surface area contributed by atoms with Gasteiger partial charge in [0.1, 0.15) is 11.5 Å². The third-order valence-electron chi connectivity index (χ3n) is 4.66. The van der Waals surface area contributed by atoms with E-state index < -0.39 is 0 Å². The Morgan fingerprint density at radius 3 is 2.56 bits per heavy atom. The van der Waals surface area contributed by atoms with Crippen molar-refractivity contribution >= 4 is 5.91 Å². The van der Waals surface area contributed by atoms with Crippen molar-refractivity contribution < 1.29 is 9.21 Å². The zero-order valence-corrected chi connectivity index (χ0v) is 16.1. The predicted octanol–water partition coefficient (Wildman–Crippen LogP) is 3.75. The van der Waals surface area contributed by atoms with E-state index in [2.05, 4.69) is 46.4 Å². The number of benzene rings is 1. The summed E-state index contributed by atoms with van der Waals surface area (Å²) in [5.74, 6) is 1.28. The Labute approximate surface area is 159 Å². The zero-order valence-electron chi connectivity index (χ0n) is 16.1. The van der Waals surface area contributed by atoms with Gasteiger partial charge < -0.3 is 9.73 Å². The molecule has 0 radical (unpaired) electrons. The van der Waals surface area contributed by atoms with E-state index in [1.165, 1.54) is 5.56 Å². The fourth-order valence-electron chi connectivity index (χ4n) is 2.98. The van der Waals surface area contributed by atoms with E-state index in [1.807, 2.05) is 31.2 Å². The Morgan fingerprint density at radius 2 is 1.89 bits per heavy atom. The molecule has 142 valence electrons. The number of hydrogen-bond donors (Lipinski definition) is 2. The molecule has 1 aromatic carbocycles. The van der Waals surface area contributed by atoms with E-state index in [0.29, 0.717) is 23.7 Å². The highest BCUT2D eigenvalue weighted by molar-refractivity contribution is 5.93. The lowest BCUT2D eigenvalue weighted by Gasteiger charge is -2.20. The van der Waals surface area contributed by atoms with Crippen molar-refractivity contribution in [2.75, 3.05) is 13.1 Å². The van der Waals surface area contributed by atoms with Crippen molar-refractivity contribution in [3.8, 4) is 11.5 Å². The van der Waals surface area contributed by atoms with Crippen LogP contribution in [0.2, 0.25) is 0 Å². The molecule has 2 N–H and O–H groups in total. The summed E-state index contributed by atoms with van der Waals surface area (Å²) >= 11 is 0. The van der Waals surface area contributed by atoms with Crippen LogP contribution in [0.3, 0.4) is 0 Å². The summed E-state index contributed by atoms with van der Waals surface area (Å²) in [7, 11) is 0. The Bertz CT molecular complexity index is 893. The van der Waals surface area contributed by atoms with Gasteiger partial charge in [-0.3, -0.25) is 14.8 Å². The monoisotopic (exact) mass is 366 g/mol. The summed E-state index contributed by atoms with van der Waals surface area (Å²) < 4.78 is 5.56. The van der Waals surface area contributed by atoms with Gasteiger partial charge in [-0.15, -0.1) is 0 Å². The minimum Gasteiger partial charge on any atom is -0.460 e. The van der Waals surface area contributed by atoms with Gasteiger partial charge >= 0.3 is 0 Å². The van der Waals surface area contributed by atoms with Crippen LogP contribution in [0.5, 0.6) is 0 Å². The van der Waals surface area contributed by atoms with Crippen LogP contribution < -0.4 is 5.32 Å². The molecule has 0 fully saturated rings. The number of rotatable bonds is 8. The molecule has 6 heteroatoms. The minimum absolute atomic E-state index is 0.210. The first-order valence-corrected chi connectivity index (χ1v) is 9.30. The van der Waals surface area contributed by atoms with Crippen LogP contribution in [0.1, 0.15) is 41.2 Å². The van der Waals surface area contributed by atoms with Gasteiger partial charge in [-0.05, 0) is 43.3 Å². The number of carbonyl (C=O) groups excluding carboxylic acids is 1. The molecule has 1 amide bonds. The summed E-state index contributed by atoms with van der Waals surface area (Å²) in [6.45, 7) is 9.54. The number of nitrogens with one attached hydrogen (secondary N) is 2. The molecular weight excluding hydrogens is 340 g/mol. The second kappa shape index (κ2) is 8.68. The number of amides is 1. The molecule has 0 aliphatic heterocycles. The zero-order chi connectivity index (χ0) is 19.2. The van der Waals surface area contributed by atoms with E-state index in [0.717, 1.165) is 31.0 Å². The first-order chi connectivity index (χ1) is 13.1. The van der Waals surface area contributed by atoms with Crippen LogP contribution >= 0.6 is 0 Å². The van der Waals surface area contributed by atoms with Crippen molar-refractivity contribution in [3.05, 3.63) is 65.0 Å². The third kappa shape index (κ3) is 4.65. The van der Waals surface area contributed by atoms with Gasteiger partial charge in [0, 0.05) is 19.2 Å². The number of aromatic amines is 1. The summed E-state index contributed by atoms with van der Waals surface area (Å²) in [6.07, 6.45) is 0. The van der Waals surface area contributed by atoms with Gasteiger partial charge in [-0.2, -0.15) is 5.10 Å². The molecule has 0 aliphatic carbocycles. The number of hydrogen-bond acceptors (Lipinski definition) is 4. The fourth-order valence-corrected chi connectivity index (χ4v) is 2.98. The van der Waals surface area contributed by atoms with E-state index in [9.17, 15) is 4.79 Å². The highest BCUT2D eigenvalue weighted by Gasteiger charge is 2.14. The van der Waals surface area contributed by atoms with E-state index >= 15 is 0 Å². The number of H-pyrrole nitrogens is 1. The van der Waals surface area contributed by atoms with E-state index in [4.69, 9.17) is 4.42 Å². The molecule has 0 saturated heterocycles. The Morgan fingerprint density at radius 1 is 1.15 bits per heavy atom. The Kier molecular flexibility index (Phi) is 6.08. The molecule has 0 saturated carbocycles. The molecule has 0 aliphatic rings. The number of aryl methyl sites for hydroxylation is 1. The maximum absolute atomic E-state index is 12.5. The smallest absolute Gasteiger partial charge is 0.272 e. The standard InChI is InChI=1S/C21H26N4O2/c1-4-25(5-2)14-17-9-7-6-8-16(17)13-22-21(26)19-12-18(23-24-19)20-11-10-15(3)27-20/h6-12H,4-5,13-14H2,1-3H3,(H,22,26)(H,23,24). The largest absolute Gasteiger partial charge is 0.460 e. The first kappa shape index (κ1) is 18.9. The summed E-state index contributed by atoms with van der Waals surface area (Å²) in [5.41, 5.74) is 3.39. The molecule has 0 bridgehead atoms. The molecule has 0 atom stereocenters. The van der Waals surface area contributed by atoms with Crippen molar-refractivity contribution in [1.29, 1.82) is 0 Å². The highest BCUT2D eigenvalue weighted by Crippen LogP contribution is 2.20. The molecule has 3 rings (SSSR count). The third-order valence-corrected chi connectivity index (χ3v) is 4.66. The van der Waals surface area contributed by atoms with E-state index in [1.54, 1.807) is 6.07 Å². The molecule has 3 aromatic rings. The maximum atomic E-state index is 12.5. The number of aromatic nitrogens is 2.